The van der Waals surface area contributed by atoms with Gasteiger partial charge in [-0.05, 0) is 44.2 Å². The maximum absolute atomic E-state index is 6.48. The van der Waals surface area contributed by atoms with Crippen molar-refractivity contribution in [1.29, 1.82) is 0 Å². The van der Waals surface area contributed by atoms with E-state index in [2.05, 4.69) is 33.9 Å². The highest BCUT2D eigenvalue weighted by molar-refractivity contribution is 6.36. The summed E-state index contributed by atoms with van der Waals surface area (Å²) in [7, 11) is 0. The van der Waals surface area contributed by atoms with Gasteiger partial charge in [0.2, 0.25) is 0 Å². The van der Waals surface area contributed by atoms with E-state index < -0.39 is 0 Å². The summed E-state index contributed by atoms with van der Waals surface area (Å²) in [6.45, 7) is 5.58. The molecule has 0 fully saturated rings. The van der Waals surface area contributed by atoms with Gasteiger partial charge in [0, 0.05) is 21.2 Å². The van der Waals surface area contributed by atoms with Crippen molar-refractivity contribution in [1.82, 2.24) is 20.1 Å². The lowest BCUT2D eigenvalue weighted by Crippen LogP contribution is -2.23. The highest BCUT2D eigenvalue weighted by Crippen LogP contribution is 2.31. The Labute approximate surface area is 174 Å². The van der Waals surface area contributed by atoms with Gasteiger partial charge < -0.3 is 5.32 Å². The molecular weight excluding hydrogens is 393 g/mol. The molecule has 2 heterocycles. The van der Waals surface area contributed by atoms with Crippen LogP contribution in [0.3, 0.4) is 0 Å². The maximum Gasteiger partial charge on any atom is 0.159 e. The van der Waals surface area contributed by atoms with Crippen molar-refractivity contribution >= 4 is 28.9 Å². The number of aliphatic imine (C=N–C) groups is 1. The van der Waals surface area contributed by atoms with Crippen LogP contribution in [0.5, 0.6) is 0 Å². The number of halogens is 2. The van der Waals surface area contributed by atoms with Gasteiger partial charge in [-0.25, -0.2) is 0 Å². The van der Waals surface area contributed by atoms with Gasteiger partial charge in [-0.3, -0.25) is 9.56 Å². The van der Waals surface area contributed by atoms with Gasteiger partial charge in [0.15, 0.2) is 11.6 Å². The Hall–Kier alpha value is -2.21. The Morgan fingerprint density at radius 2 is 1.93 bits per heavy atom. The fourth-order valence-corrected chi connectivity index (χ4v) is 3.84. The Bertz CT molecular complexity index is 1040. The monoisotopic (exact) mass is 413 g/mol. The van der Waals surface area contributed by atoms with Crippen molar-refractivity contribution in [2.75, 3.05) is 6.54 Å². The SMILES string of the molecule is CCCNC(C)c1nnc2n1-c1ccc(Cl)cc1C(c1ccccc1Cl)=NC2. The first-order valence-corrected chi connectivity index (χ1v) is 10.1. The van der Waals surface area contributed by atoms with E-state index in [0.29, 0.717) is 16.6 Å². The van der Waals surface area contributed by atoms with Crippen molar-refractivity contribution in [3.8, 4) is 5.69 Å². The Morgan fingerprint density at radius 1 is 1.11 bits per heavy atom. The van der Waals surface area contributed by atoms with Crippen LogP contribution in [-0.4, -0.2) is 27.0 Å². The summed E-state index contributed by atoms with van der Waals surface area (Å²) in [5.41, 5.74) is 3.57. The van der Waals surface area contributed by atoms with E-state index in [1.807, 2.05) is 42.5 Å². The van der Waals surface area contributed by atoms with Crippen LogP contribution in [0.25, 0.3) is 5.69 Å². The molecule has 0 saturated carbocycles. The minimum atomic E-state index is 0.0617. The summed E-state index contributed by atoms with van der Waals surface area (Å²) >= 11 is 12.8. The molecule has 5 nitrogen and oxygen atoms in total. The van der Waals surface area contributed by atoms with Gasteiger partial charge in [0.1, 0.15) is 6.54 Å². The molecular formula is C21H21Cl2N5. The predicted octanol–water partition coefficient (Wildman–Crippen LogP) is 4.99. The molecule has 1 N–H and O–H groups in total. The molecule has 4 rings (SSSR count). The van der Waals surface area contributed by atoms with Crippen LogP contribution in [0.2, 0.25) is 10.0 Å². The van der Waals surface area contributed by atoms with E-state index in [1.165, 1.54) is 0 Å². The molecule has 144 valence electrons. The lowest BCUT2D eigenvalue weighted by Gasteiger charge is -2.18. The molecule has 1 aromatic heterocycles. The molecule has 7 heteroatoms. The molecule has 1 unspecified atom stereocenters. The van der Waals surface area contributed by atoms with Gasteiger partial charge in [0.25, 0.3) is 0 Å². The fourth-order valence-electron chi connectivity index (χ4n) is 3.44. The first-order valence-electron chi connectivity index (χ1n) is 9.37. The number of fused-ring (bicyclic) bond motifs is 3. The van der Waals surface area contributed by atoms with Crippen LogP contribution >= 0.6 is 23.2 Å². The van der Waals surface area contributed by atoms with Gasteiger partial charge in [-0.15, -0.1) is 10.2 Å². The molecule has 0 amide bonds. The van der Waals surface area contributed by atoms with Gasteiger partial charge in [-0.1, -0.05) is 48.3 Å². The second-order valence-corrected chi connectivity index (χ2v) is 7.64. The van der Waals surface area contributed by atoms with E-state index in [-0.39, 0.29) is 6.04 Å². The second-order valence-electron chi connectivity index (χ2n) is 6.79. The molecule has 0 radical (unpaired) electrons. The normalized spacial score (nSPS) is 14.1. The van der Waals surface area contributed by atoms with E-state index in [1.54, 1.807) is 0 Å². The van der Waals surface area contributed by atoms with Gasteiger partial charge in [-0.2, -0.15) is 0 Å². The van der Waals surface area contributed by atoms with Crippen LogP contribution in [0.4, 0.5) is 0 Å². The standard InChI is InChI=1S/C21H21Cl2N5/c1-3-10-24-13(2)21-27-26-19-12-25-20(15-6-4-5-7-17(15)23)16-11-14(22)8-9-18(16)28(19)21/h4-9,11,13,24H,3,10,12H2,1-2H3. The first-order chi connectivity index (χ1) is 13.6. The fraction of sp³-hybridized carbons (Fsp3) is 0.286. The molecule has 1 aliphatic rings. The summed E-state index contributed by atoms with van der Waals surface area (Å²) in [6.07, 6.45) is 1.05. The Kier molecular flexibility index (Phi) is 5.49. The summed E-state index contributed by atoms with van der Waals surface area (Å²) in [4.78, 5) is 4.84. The number of nitrogens with one attached hydrogen (secondary N) is 1. The van der Waals surface area contributed by atoms with Crippen molar-refractivity contribution in [3.63, 3.8) is 0 Å². The van der Waals surface area contributed by atoms with Crippen molar-refractivity contribution < 1.29 is 0 Å². The molecule has 1 aliphatic heterocycles. The zero-order valence-electron chi connectivity index (χ0n) is 15.8. The third-order valence-corrected chi connectivity index (χ3v) is 5.37. The molecule has 0 aliphatic carbocycles. The largest absolute Gasteiger partial charge is 0.308 e. The number of benzene rings is 2. The molecule has 3 aromatic rings. The molecule has 0 saturated heterocycles. The zero-order valence-corrected chi connectivity index (χ0v) is 17.3. The van der Waals surface area contributed by atoms with Gasteiger partial charge in [0.05, 0.1) is 17.4 Å². The maximum atomic E-state index is 6.48. The second kappa shape index (κ2) is 8.03. The van der Waals surface area contributed by atoms with Crippen LogP contribution in [-0.2, 0) is 6.54 Å². The number of hydrogen-bond acceptors (Lipinski definition) is 4. The van der Waals surface area contributed by atoms with Crippen molar-refractivity contribution in [3.05, 3.63) is 75.3 Å². The number of rotatable bonds is 5. The van der Waals surface area contributed by atoms with Crippen LogP contribution < -0.4 is 5.32 Å². The summed E-state index contributed by atoms with van der Waals surface area (Å²) in [6, 6.07) is 13.6. The quantitative estimate of drug-likeness (QED) is 0.640. The number of aromatic nitrogens is 3. The smallest absolute Gasteiger partial charge is 0.159 e. The zero-order chi connectivity index (χ0) is 19.7. The summed E-state index contributed by atoms with van der Waals surface area (Å²) < 4.78 is 2.09. The lowest BCUT2D eigenvalue weighted by molar-refractivity contribution is 0.535. The van der Waals surface area contributed by atoms with Crippen LogP contribution in [0, 0.1) is 0 Å². The van der Waals surface area contributed by atoms with Crippen LogP contribution in [0.15, 0.2) is 47.5 Å². The topological polar surface area (TPSA) is 55.1 Å². The molecule has 2 aromatic carbocycles. The minimum absolute atomic E-state index is 0.0617. The third-order valence-electron chi connectivity index (χ3n) is 4.81. The highest BCUT2D eigenvalue weighted by Gasteiger charge is 2.25. The van der Waals surface area contributed by atoms with E-state index in [0.717, 1.165) is 47.1 Å². The summed E-state index contributed by atoms with van der Waals surface area (Å²) in [5, 5.41) is 13.7. The first kappa shape index (κ1) is 19.1. The van der Waals surface area contributed by atoms with Crippen LogP contribution in [0.1, 0.15) is 49.1 Å². The summed E-state index contributed by atoms with van der Waals surface area (Å²) in [5.74, 6) is 1.66. The molecule has 0 spiro atoms. The third kappa shape index (κ3) is 3.46. The molecule has 1 atom stereocenters. The molecule has 0 bridgehead atoms. The lowest BCUT2D eigenvalue weighted by atomic mass is 10.00. The molecule has 28 heavy (non-hydrogen) atoms. The van der Waals surface area contributed by atoms with E-state index in [9.17, 15) is 0 Å². The Morgan fingerprint density at radius 3 is 2.71 bits per heavy atom. The van der Waals surface area contributed by atoms with E-state index >= 15 is 0 Å². The highest BCUT2D eigenvalue weighted by atomic mass is 35.5. The van der Waals surface area contributed by atoms with E-state index in [4.69, 9.17) is 28.2 Å². The number of hydrogen-bond donors (Lipinski definition) is 1. The Balaban J connectivity index is 1.89. The predicted molar refractivity (Wildman–Crippen MR) is 114 cm³/mol. The van der Waals surface area contributed by atoms with Crippen molar-refractivity contribution in [2.45, 2.75) is 32.9 Å². The average Bonchev–Trinajstić information content (AvgIpc) is 3.05. The average molecular weight is 414 g/mol. The number of nitrogens with zero attached hydrogens (tertiary/aromatic N) is 4. The minimum Gasteiger partial charge on any atom is -0.308 e. The van der Waals surface area contributed by atoms with Gasteiger partial charge >= 0.3 is 0 Å². The van der Waals surface area contributed by atoms with Crippen molar-refractivity contribution in [2.24, 2.45) is 4.99 Å².